The van der Waals surface area contributed by atoms with Gasteiger partial charge in [0.05, 0.1) is 16.6 Å². The molecule has 0 spiro atoms. The van der Waals surface area contributed by atoms with Gasteiger partial charge in [-0.15, -0.1) is 22.9 Å². The molecule has 0 aliphatic carbocycles. The summed E-state index contributed by atoms with van der Waals surface area (Å²) >= 11 is 7.13. The van der Waals surface area contributed by atoms with E-state index in [0.29, 0.717) is 18.8 Å². The van der Waals surface area contributed by atoms with Gasteiger partial charge in [0.15, 0.2) is 0 Å². The molecule has 7 heteroatoms. The number of thiazole rings is 1. The molecular formula is C10H11ClN2O3S. The lowest BCUT2D eigenvalue weighted by atomic mass is 10.3. The number of alkyl halides is 1. The van der Waals surface area contributed by atoms with E-state index in [1.165, 1.54) is 16.2 Å². The van der Waals surface area contributed by atoms with E-state index < -0.39 is 0 Å². The number of halogens is 1. The van der Waals surface area contributed by atoms with Gasteiger partial charge in [-0.3, -0.25) is 14.5 Å². The number of aromatic nitrogens is 1. The van der Waals surface area contributed by atoms with Gasteiger partial charge >= 0.3 is 0 Å². The van der Waals surface area contributed by atoms with Crippen molar-refractivity contribution >= 4 is 34.8 Å². The Morgan fingerprint density at radius 2 is 2.12 bits per heavy atom. The third-order valence-corrected chi connectivity index (χ3v) is 3.57. The Bertz CT molecular complexity index is 419. The molecule has 1 aliphatic heterocycles. The molecule has 2 rings (SSSR count). The van der Waals surface area contributed by atoms with Crippen LogP contribution in [-0.2, 0) is 26.6 Å². The normalized spacial score (nSPS) is 16.6. The Kier molecular flexibility index (Phi) is 4.09. The van der Waals surface area contributed by atoms with E-state index in [2.05, 4.69) is 4.98 Å². The van der Waals surface area contributed by atoms with Crippen molar-refractivity contribution in [2.45, 2.75) is 12.3 Å². The number of carbonyl (C=O) groups is 2. The molecule has 0 bridgehead atoms. The van der Waals surface area contributed by atoms with Gasteiger partial charge < -0.3 is 4.74 Å². The molecule has 1 aromatic rings. The van der Waals surface area contributed by atoms with Gasteiger partial charge in [0.2, 0.25) is 0 Å². The zero-order valence-electron chi connectivity index (χ0n) is 9.02. The summed E-state index contributed by atoms with van der Waals surface area (Å²) in [5.74, 6) is -0.183. The van der Waals surface area contributed by atoms with Crippen molar-refractivity contribution in [3.05, 3.63) is 16.1 Å². The first-order valence-corrected chi connectivity index (χ1v) is 6.52. The van der Waals surface area contributed by atoms with Gasteiger partial charge in [-0.25, -0.2) is 4.98 Å². The summed E-state index contributed by atoms with van der Waals surface area (Å²) in [5, 5.41) is 2.76. The largest absolute Gasteiger partial charge is 0.362 e. The number of morpholine rings is 1. The van der Waals surface area contributed by atoms with Crippen molar-refractivity contribution in [2.24, 2.45) is 0 Å². The SMILES string of the molecule is O=C1COCC(=O)N1CCc1nc(CCl)cs1. The van der Waals surface area contributed by atoms with Gasteiger partial charge in [0.25, 0.3) is 11.8 Å². The smallest absolute Gasteiger partial charge is 0.255 e. The van der Waals surface area contributed by atoms with Crippen LogP contribution >= 0.6 is 22.9 Å². The fraction of sp³-hybridized carbons (Fsp3) is 0.500. The van der Waals surface area contributed by atoms with E-state index in [4.69, 9.17) is 16.3 Å². The number of ether oxygens (including phenoxy) is 1. The van der Waals surface area contributed by atoms with Crippen LogP contribution in [0, 0.1) is 0 Å². The molecule has 2 heterocycles. The highest BCUT2D eigenvalue weighted by Crippen LogP contribution is 2.13. The molecule has 1 fully saturated rings. The predicted molar refractivity (Wildman–Crippen MR) is 62.9 cm³/mol. The first-order chi connectivity index (χ1) is 8.20. The molecule has 92 valence electrons. The Balaban J connectivity index is 1.92. The topological polar surface area (TPSA) is 59.5 Å². The maximum atomic E-state index is 11.4. The molecule has 0 radical (unpaired) electrons. The summed E-state index contributed by atoms with van der Waals surface area (Å²) in [6.45, 7) is 0.323. The van der Waals surface area contributed by atoms with Crippen molar-refractivity contribution in [3.8, 4) is 0 Å². The van der Waals surface area contributed by atoms with E-state index >= 15 is 0 Å². The van der Waals surface area contributed by atoms with Gasteiger partial charge in [-0.05, 0) is 0 Å². The van der Waals surface area contributed by atoms with Crippen molar-refractivity contribution < 1.29 is 14.3 Å². The summed E-state index contributed by atoms with van der Waals surface area (Å²) in [5.41, 5.74) is 0.825. The van der Waals surface area contributed by atoms with Crippen molar-refractivity contribution in [1.82, 2.24) is 9.88 Å². The van der Waals surface area contributed by atoms with E-state index in [1.54, 1.807) is 0 Å². The lowest BCUT2D eigenvalue weighted by Crippen LogP contribution is -2.46. The second kappa shape index (κ2) is 5.57. The fourth-order valence-corrected chi connectivity index (χ4v) is 2.52. The highest BCUT2D eigenvalue weighted by Gasteiger charge is 2.26. The van der Waals surface area contributed by atoms with Gasteiger partial charge in [0.1, 0.15) is 13.2 Å². The number of carbonyl (C=O) groups excluding carboxylic acids is 2. The minimum atomic E-state index is -0.282. The molecule has 0 unspecified atom stereocenters. The van der Waals surface area contributed by atoms with Crippen molar-refractivity contribution in [1.29, 1.82) is 0 Å². The monoisotopic (exact) mass is 274 g/mol. The van der Waals surface area contributed by atoms with Crippen LogP contribution in [0.25, 0.3) is 0 Å². The van der Waals surface area contributed by atoms with Crippen LogP contribution in [0.2, 0.25) is 0 Å². The highest BCUT2D eigenvalue weighted by molar-refractivity contribution is 7.09. The average Bonchev–Trinajstić information content (AvgIpc) is 2.76. The Morgan fingerprint density at radius 3 is 2.71 bits per heavy atom. The van der Waals surface area contributed by atoms with E-state index in [-0.39, 0.29) is 25.0 Å². The minimum absolute atomic E-state index is 0.0173. The van der Waals surface area contributed by atoms with E-state index in [0.717, 1.165) is 10.7 Å². The Morgan fingerprint density at radius 1 is 1.41 bits per heavy atom. The molecule has 0 atom stereocenters. The molecule has 0 N–H and O–H groups in total. The maximum Gasteiger partial charge on any atom is 0.255 e. The predicted octanol–water partition coefficient (Wildman–Crippen LogP) is 0.810. The highest BCUT2D eigenvalue weighted by atomic mass is 35.5. The summed E-state index contributed by atoms with van der Waals surface area (Å²) in [6.07, 6.45) is 0.568. The maximum absolute atomic E-state index is 11.4. The van der Waals surface area contributed by atoms with E-state index in [9.17, 15) is 9.59 Å². The standard InChI is InChI=1S/C10H11ClN2O3S/c11-3-7-6-17-8(12-7)1-2-13-9(14)4-16-5-10(13)15/h6H,1-5H2. The van der Waals surface area contributed by atoms with Crippen molar-refractivity contribution in [3.63, 3.8) is 0 Å². The number of hydrogen-bond donors (Lipinski definition) is 0. The molecule has 2 amide bonds. The summed E-state index contributed by atoms with van der Waals surface area (Å²) in [6, 6.07) is 0. The minimum Gasteiger partial charge on any atom is -0.362 e. The number of rotatable bonds is 4. The van der Waals surface area contributed by atoms with Crippen LogP contribution in [-0.4, -0.2) is 41.5 Å². The number of nitrogens with zero attached hydrogens (tertiary/aromatic N) is 2. The molecule has 17 heavy (non-hydrogen) atoms. The van der Waals surface area contributed by atoms with Gasteiger partial charge in [-0.1, -0.05) is 0 Å². The molecule has 5 nitrogen and oxygen atoms in total. The van der Waals surface area contributed by atoms with Crippen molar-refractivity contribution in [2.75, 3.05) is 19.8 Å². The number of amides is 2. The molecule has 1 saturated heterocycles. The average molecular weight is 275 g/mol. The van der Waals surface area contributed by atoms with Crippen LogP contribution in [0.1, 0.15) is 10.7 Å². The van der Waals surface area contributed by atoms with Crippen LogP contribution < -0.4 is 0 Å². The molecule has 1 aromatic heterocycles. The summed E-state index contributed by atoms with van der Waals surface area (Å²) in [4.78, 5) is 28.4. The molecule has 0 aromatic carbocycles. The van der Waals surface area contributed by atoms with Crippen LogP contribution in [0.15, 0.2) is 5.38 Å². The lowest BCUT2D eigenvalue weighted by molar-refractivity contribution is -0.158. The lowest BCUT2D eigenvalue weighted by Gasteiger charge is -2.24. The third kappa shape index (κ3) is 3.02. The van der Waals surface area contributed by atoms with Crippen LogP contribution in [0.4, 0.5) is 0 Å². The molecule has 0 saturated carbocycles. The van der Waals surface area contributed by atoms with E-state index in [1.807, 2.05) is 5.38 Å². The first kappa shape index (κ1) is 12.5. The van der Waals surface area contributed by atoms with Gasteiger partial charge in [-0.2, -0.15) is 0 Å². The number of imide groups is 1. The third-order valence-electron chi connectivity index (χ3n) is 2.34. The van der Waals surface area contributed by atoms with Crippen LogP contribution in [0.3, 0.4) is 0 Å². The first-order valence-electron chi connectivity index (χ1n) is 5.11. The molecule has 1 aliphatic rings. The molecular weight excluding hydrogens is 264 g/mol. The quantitative estimate of drug-likeness (QED) is 0.602. The Labute approximate surface area is 107 Å². The second-order valence-corrected chi connectivity index (χ2v) is 4.76. The fourth-order valence-electron chi connectivity index (χ4n) is 1.50. The Hall–Kier alpha value is -0.980. The van der Waals surface area contributed by atoms with Crippen LogP contribution in [0.5, 0.6) is 0 Å². The summed E-state index contributed by atoms with van der Waals surface area (Å²) in [7, 11) is 0. The second-order valence-electron chi connectivity index (χ2n) is 3.55. The number of hydrogen-bond acceptors (Lipinski definition) is 5. The zero-order valence-corrected chi connectivity index (χ0v) is 10.6. The van der Waals surface area contributed by atoms with Gasteiger partial charge in [0, 0.05) is 18.3 Å². The zero-order chi connectivity index (χ0) is 12.3. The summed E-state index contributed by atoms with van der Waals surface area (Å²) < 4.78 is 4.83.